The van der Waals surface area contributed by atoms with Gasteiger partial charge in [-0.3, -0.25) is 0 Å². The van der Waals surface area contributed by atoms with Crippen molar-refractivity contribution in [2.75, 3.05) is 13.2 Å². The number of aromatic nitrogens is 2. The zero-order valence-corrected chi connectivity index (χ0v) is 12.4. The van der Waals surface area contributed by atoms with Crippen LogP contribution in [-0.2, 0) is 22.9 Å². The van der Waals surface area contributed by atoms with Crippen LogP contribution in [0.15, 0.2) is 33.7 Å². The van der Waals surface area contributed by atoms with Crippen molar-refractivity contribution in [1.29, 1.82) is 0 Å². The van der Waals surface area contributed by atoms with Gasteiger partial charge < -0.3 is 9.63 Å². The first-order chi connectivity index (χ1) is 10.0. The maximum Gasteiger partial charge on any atom is 0.240 e. The number of nitrogens with one attached hydrogen (secondary N) is 1. The number of sulfonamides is 1. The van der Waals surface area contributed by atoms with Gasteiger partial charge in [0.1, 0.15) is 0 Å². The minimum absolute atomic E-state index is 0.0362. The van der Waals surface area contributed by atoms with Gasteiger partial charge in [0, 0.05) is 26.5 Å². The lowest BCUT2D eigenvalue weighted by molar-refractivity contribution is 0.299. The Hall–Kier alpha value is -1.77. The molecule has 0 bridgehead atoms. The number of rotatable bonds is 7. The number of hydrogen-bond acceptors (Lipinski definition) is 6. The van der Waals surface area contributed by atoms with Gasteiger partial charge in [0.05, 0.1) is 4.90 Å². The maximum absolute atomic E-state index is 12.1. The molecule has 0 unspecified atom stereocenters. The van der Waals surface area contributed by atoms with Crippen LogP contribution in [-0.4, -0.2) is 36.8 Å². The van der Waals surface area contributed by atoms with Crippen LogP contribution in [0.3, 0.4) is 0 Å². The SMILES string of the molecule is Cc1nc(CCNS(=O)(=O)c2ccc(CCO)cc2)no1. The van der Waals surface area contributed by atoms with Gasteiger partial charge in [-0.2, -0.15) is 4.98 Å². The fraction of sp³-hybridized carbons (Fsp3) is 0.385. The van der Waals surface area contributed by atoms with Gasteiger partial charge in [0.25, 0.3) is 0 Å². The Kier molecular flexibility index (Phi) is 5.05. The summed E-state index contributed by atoms with van der Waals surface area (Å²) in [5.41, 5.74) is 0.888. The molecule has 1 aromatic heterocycles. The second kappa shape index (κ2) is 6.79. The molecule has 0 amide bonds. The summed E-state index contributed by atoms with van der Waals surface area (Å²) in [6, 6.07) is 6.41. The van der Waals surface area contributed by atoms with Crippen molar-refractivity contribution in [2.24, 2.45) is 0 Å². The molecule has 114 valence electrons. The van der Waals surface area contributed by atoms with E-state index in [0.29, 0.717) is 24.6 Å². The number of hydrogen-bond donors (Lipinski definition) is 2. The second-order valence-corrected chi connectivity index (χ2v) is 6.26. The molecule has 2 rings (SSSR count). The van der Waals surface area contributed by atoms with Crippen molar-refractivity contribution >= 4 is 10.0 Å². The van der Waals surface area contributed by atoms with Gasteiger partial charge in [0.15, 0.2) is 5.82 Å². The Morgan fingerprint density at radius 3 is 2.52 bits per heavy atom. The Balaban J connectivity index is 1.94. The van der Waals surface area contributed by atoms with Gasteiger partial charge >= 0.3 is 0 Å². The Bertz CT molecular complexity index is 680. The van der Waals surface area contributed by atoms with E-state index in [1.54, 1.807) is 19.1 Å². The van der Waals surface area contributed by atoms with Gasteiger partial charge in [-0.25, -0.2) is 13.1 Å². The van der Waals surface area contributed by atoms with Crippen molar-refractivity contribution in [2.45, 2.75) is 24.7 Å². The van der Waals surface area contributed by atoms with Crippen molar-refractivity contribution in [1.82, 2.24) is 14.9 Å². The van der Waals surface area contributed by atoms with Gasteiger partial charge in [-0.15, -0.1) is 0 Å². The third-order valence-corrected chi connectivity index (χ3v) is 4.32. The van der Waals surface area contributed by atoms with Crippen LogP contribution in [0, 0.1) is 6.92 Å². The minimum atomic E-state index is -3.55. The molecule has 8 heteroatoms. The van der Waals surface area contributed by atoms with Crippen LogP contribution in [0.4, 0.5) is 0 Å². The van der Waals surface area contributed by atoms with E-state index in [-0.39, 0.29) is 18.0 Å². The summed E-state index contributed by atoms with van der Waals surface area (Å²) in [7, 11) is -3.55. The summed E-state index contributed by atoms with van der Waals surface area (Å²) in [5, 5.41) is 12.5. The molecular formula is C13H17N3O4S. The molecule has 0 radical (unpaired) electrons. The van der Waals surface area contributed by atoms with Crippen LogP contribution < -0.4 is 4.72 Å². The monoisotopic (exact) mass is 311 g/mol. The first-order valence-electron chi connectivity index (χ1n) is 6.50. The van der Waals surface area contributed by atoms with E-state index in [9.17, 15) is 8.42 Å². The number of aliphatic hydroxyl groups is 1. The summed E-state index contributed by atoms with van der Waals surface area (Å²) in [6.07, 6.45) is 0.865. The van der Waals surface area contributed by atoms with Crippen LogP contribution in [0.5, 0.6) is 0 Å². The molecular weight excluding hydrogens is 294 g/mol. The fourth-order valence-electron chi connectivity index (χ4n) is 1.79. The molecule has 1 aromatic carbocycles. The fourth-order valence-corrected chi connectivity index (χ4v) is 2.82. The van der Waals surface area contributed by atoms with Crippen LogP contribution in [0.1, 0.15) is 17.3 Å². The van der Waals surface area contributed by atoms with Gasteiger partial charge in [-0.05, 0) is 24.1 Å². The lowest BCUT2D eigenvalue weighted by Gasteiger charge is -2.06. The van der Waals surface area contributed by atoms with Crippen molar-refractivity contribution in [3.05, 3.63) is 41.5 Å². The molecule has 2 aromatic rings. The first-order valence-corrected chi connectivity index (χ1v) is 7.98. The predicted octanol–water partition coefficient (Wildman–Crippen LogP) is 0.434. The normalized spacial score (nSPS) is 11.7. The summed E-state index contributed by atoms with van der Waals surface area (Å²) in [5.74, 6) is 0.917. The molecule has 0 saturated carbocycles. The number of aryl methyl sites for hydroxylation is 1. The predicted molar refractivity (Wildman–Crippen MR) is 75.2 cm³/mol. The summed E-state index contributed by atoms with van der Waals surface area (Å²) >= 11 is 0. The second-order valence-electron chi connectivity index (χ2n) is 4.49. The average molecular weight is 311 g/mol. The zero-order valence-electron chi connectivity index (χ0n) is 11.6. The lowest BCUT2D eigenvalue weighted by atomic mass is 10.2. The van der Waals surface area contributed by atoms with E-state index >= 15 is 0 Å². The summed E-state index contributed by atoms with van der Waals surface area (Å²) in [6.45, 7) is 1.91. The third-order valence-electron chi connectivity index (χ3n) is 2.84. The van der Waals surface area contributed by atoms with E-state index in [0.717, 1.165) is 5.56 Å². The highest BCUT2D eigenvalue weighted by molar-refractivity contribution is 7.89. The molecule has 0 aliphatic rings. The Morgan fingerprint density at radius 2 is 1.95 bits per heavy atom. The highest BCUT2D eigenvalue weighted by Gasteiger charge is 2.13. The minimum Gasteiger partial charge on any atom is -0.396 e. The highest BCUT2D eigenvalue weighted by Crippen LogP contribution is 2.11. The van der Waals surface area contributed by atoms with E-state index in [1.807, 2.05) is 0 Å². The molecule has 0 aliphatic heterocycles. The van der Waals surface area contributed by atoms with E-state index < -0.39 is 10.0 Å². The number of aliphatic hydroxyl groups excluding tert-OH is 1. The number of nitrogens with zero attached hydrogens (tertiary/aromatic N) is 2. The standard InChI is InChI=1S/C13H17N3O4S/c1-10-15-13(16-20-10)6-8-14-21(18,19)12-4-2-11(3-5-12)7-9-17/h2-5,14,17H,6-9H2,1H3. The summed E-state index contributed by atoms with van der Waals surface area (Å²) in [4.78, 5) is 4.19. The molecule has 0 atom stereocenters. The topological polar surface area (TPSA) is 105 Å². The molecule has 21 heavy (non-hydrogen) atoms. The molecule has 0 fully saturated rings. The molecule has 2 N–H and O–H groups in total. The van der Waals surface area contributed by atoms with Gasteiger partial charge in [-0.1, -0.05) is 17.3 Å². The number of benzene rings is 1. The maximum atomic E-state index is 12.1. The Morgan fingerprint density at radius 1 is 1.24 bits per heavy atom. The molecule has 0 aliphatic carbocycles. The molecule has 7 nitrogen and oxygen atoms in total. The molecule has 0 spiro atoms. The molecule has 0 saturated heterocycles. The van der Waals surface area contributed by atoms with Crippen molar-refractivity contribution < 1.29 is 18.0 Å². The smallest absolute Gasteiger partial charge is 0.240 e. The summed E-state index contributed by atoms with van der Waals surface area (Å²) < 4.78 is 31.4. The zero-order chi connectivity index (χ0) is 15.3. The molecule has 1 heterocycles. The van der Waals surface area contributed by atoms with Gasteiger partial charge in [0.2, 0.25) is 15.9 Å². The van der Waals surface area contributed by atoms with Crippen LogP contribution >= 0.6 is 0 Å². The quantitative estimate of drug-likeness (QED) is 0.768. The van der Waals surface area contributed by atoms with Crippen molar-refractivity contribution in [3.8, 4) is 0 Å². The first kappa shape index (κ1) is 15.6. The largest absolute Gasteiger partial charge is 0.396 e. The van der Waals surface area contributed by atoms with E-state index in [4.69, 9.17) is 9.63 Å². The average Bonchev–Trinajstić information content (AvgIpc) is 2.85. The van der Waals surface area contributed by atoms with Crippen LogP contribution in [0.2, 0.25) is 0 Å². The van der Waals surface area contributed by atoms with Crippen LogP contribution in [0.25, 0.3) is 0 Å². The Labute approximate surface area is 123 Å². The lowest BCUT2D eigenvalue weighted by Crippen LogP contribution is -2.26. The van der Waals surface area contributed by atoms with Crippen molar-refractivity contribution in [3.63, 3.8) is 0 Å². The highest BCUT2D eigenvalue weighted by atomic mass is 32.2. The third kappa shape index (κ3) is 4.35. The van der Waals surface area contributed by atoms with E-state index in [2.05, 4.69) is 14.9 Å². The van der Waals surface area contributed by atoms with E-state index in [1.165, 1.54) is 12.1 Å².